The highest BCUT2D eigenvalue weighted by molar-refractivity contribution is 7.89. The lowest BCUT2D eigenvalue weighted by Crippen LogP contribution is -2.28. The second kappa shape index (κ2) is 6.40. The van der Waals surface area contributed by atoms with Crippen LogP contribution in [-0.4, -0.2) is 29.6 Å². The van der Waals surface area contributed by atoms with Crippen molar-refractivity contribution in [1.82, 2.24) is 14.1 Å². The molecule has 0 amide bonds. The molecule has 0 bridgehead atoms. The molecule has 0 radical (unpaired) electrons. The molecule has 0 N–H and O–H groups in total. The predicted molar refractivity (Wildman–Crippen MR) is 87.5 cm³/mol. The van der Waals surface area contributed by atoms with Crippen molar-refractivity contribution in [2.24, 2.45) is 0 Å². The first-order valence-electron chi connectivity index (χ1n) is 7.01. The van der Waals surface area contributed by atoms with Crippen molar-refractivity contribution in [1.29, 1.82) is 0 Å². The zero-order valence-electron chi connectivity index (χ0n) is 13.2. The van der Waals surface area contributed by atoms with E-state index in [9.17, 15) is 8.42 Å². The molecule has 1 aromatic heterocycles. The van der Waals surface area contributed by atoms with Crippen LogP contribution < -0.4 is 0 Å². The Kier molecular flexibility index (Phi) is 4.94. The zero-order valence-corrected chi connectivity index (χ0v) is 14.7. The normalized spacial score (nSPS) is 12.1. The molecule has 2 aromatic rings. The van der Waals surface area contributed by atoms with Gasteiger partial charge in [0.05, 0.1) is 28.4 Å². The summed E-state index contributed by atoms with van der Waals surface area (Å²) in [6, 6.07) is 5.14. The molecule has 0 aliphatic carbocycles. The summed E-state index contributed by atoms with van der Waals surface area (Å²) in [5, 5.41) is 4.61. The predicted octanol–water partition coefficient (Wildman–Crippen LogP) is 2.99. The van der Waals surface area contributed by atoms with Gasteiger partial charge in [0.25, 0.3) is 0 Å². The standard InChI is InChI=1S/C15H20ClN3O2S/c1-5-19-15(14(16)9-17-19)10-18(4)22(20,21)13-7-6-11(2)12(3)8-13/h6-9H,5,10H2,1-4H3. The fourth-order valence-corrected chi connectivity index (χ4v) is 3.59. The highest BCUT2D eigenvalue weighted by Crippen LogP contribution is 2.22. The Labute approximate surface area is 136 Å². The molecule has 1 aromatic carbocycles. The fourth-order valence-electron chi connectivity index (χ4n) is 2.17. The van der Waals surface area contributed by atoms with Crippen LogP contribution in [0.5, 0.6) is 0 Å². The van der Waals surface area contributed by atoms with Crippen LogP contribution >= 0.6 is 11.6 Å². The van der Waals surface area contributed by atoms with Gasteiger partial charge in [-0.05, 0) is 44.0 Å². The van der Waals surface area contributed by atoms with Gasteiger partial charge in [-0.25, -0.2) is 8.42 Å². The maximum Gasteiger partial charge on any atom is 0.243 e. The second-order valence-corrected chi connectivity index (χ2v) is 7.71. The lowest BCUT2D eigenvalue weighted by atomic mass is 10.1. The van der Waals surface area contributed by atoms with Crippen LogP contribution in [0.3, 0.4) is 0 Å². The fraction of sp³-hybridized carbons (Fsp3) is 0.400. The number of sulfonamides is 1. The highest BCUT2D eigenvalue weighted by atomic mass is 35.5. The molecule has 1 heterocycles. The van der Waals surface area contributed by atoms with E-state index in [2.05, 4.69) is 5.10 Å². The number of hydrogen-bond acceptors (Lipinski definition) is 3. The first-order valence-corrected chi connectivity index (χ1v) is 8.83. The Morgan fingerprint density at radius 3 is 2.55 bits per heavy atom. The van der Waals surface area contributed by atoms with Gasteiger partial charge in [-0.3, -0.25) is 4.68 Å². The molecule has 7 heteroatoms. The molecule has 22 heavy (non-hydrogen) atoms. The number of nitrogens with zero attached hydrogens (tertiary/aromatic N) is 3. The summed E-state index contributed by atoms with van der Waals surface area (Å²) >= 11 is 6.11. The molecule has 0 aliphatic rings. The van der Waals surface area contributed by atoms with Crippen molar-refractivity contribution < 1.29 is 8.42 Å². The van der Waals surface area contributed by atoms with E-state index < -0.39 is 10.0 Å². The molecule has 0 unspecified atom stereocenters. The average molecular weight is 342 g/mol. The average Bonchev–Trinajstić information content (AvgIpc) is 2.82. The summed E-state index contributed by atoms with van der Waals surface area (Å²) in [5.41, 5.74) is 2.71. The molecule has 0 saturated heterocycles. The lowest BCUT2D eigenvalue weighted by molar-refractivity contribution is 0.447. The van der Waals surface area contributed by atoms with Crippen LogP contribution in [0.2, 0.25) is 5.02 Å². The van der Waals surface area contributed by atoms with Crippen molar-refractivity contribution in [2.45, 2.75) is 38.8 Å². The van der Waals surface area contributed by atoms with Gasteiger partial charge in [0.15, 0.2) is 0 Å². The SMILES string of the molecule is CCn1ncc(Cl)c1CN(C)S(=O)(=O)c1ccc(C)c(C)c1. The molecule has 120 valence electrons. The molecule has 2 rings (SSSR count). The third-order valence-corrected chi connectivity index (χ3v) is 5.87. The monoisotopic (exact) mass is 341 g/mol. The quantitative estimate of drug-likeness (QED) is 0.840. The molecule has 5 nitrogen and oxygen atoms in total. The number of rotatable bonds is 5. The zero-order chi connectivity index (χ0) is 16.5. The Morgan fingerprint density at radius 2 is 1.95 bits per heavy atom. The Balaban J connectivity index is 2.32. The van der Waals surface area contributed by atoms with Crippen molar-refractivity contribution in [2.75, 3.05) is 7.05 Å². The molecule has 0 saturated carbocycles. The van der Waals surface area contributed by atoms with Crippen molar-refractivity contribution in [3.63, 3.8) is 0 Å². The van der Waals surface area contributed by atoms with Crippen LogP contribution in [0, 0.1) is 13.8 Å². The van der Waals surface area contributed by atoms with Gasteiger partial charge in [-0.15, -0.1) is 0 Å². The summed E-state index contributed by atoms with van der Waals surface area (Å²) < 4.78 is 28.4. The summed E-state index contributed by atoms with van der Waals surface area (Å²) in [6.07, 6.45) is 1.54. The van der Waals surface area contributed by atoms with E-state index in [1.807, 2.05) is 26.8 Å². The van der Waals surface area contributed by atoms with Crippen LogP contribution in [0.25, 0.3) is 0 Å². The maximum atomic E-state index is 12.7. The molecular formula is C15H20ClN3O2S. The first-order chi connectivity index (χ1) is 10.3. The van der Waals surface area contributed by atoms with Gasteiger partial charge in [0.2, 0.25) is 10.0 Å². The van der Waals surface area contributed by atoms with Crippen molar-refractivity contribution in [3.8, 4) is 0 Å². The third-order valence-electron chi connectivity index (χ3n) is 3.76. The van der Waals surface area contributed by atoms with E-state index in [0.29, 0.717) is 17.3 Å². The number of aromatic nitrogens is 2. The van der Waals surface area contributed by atoms with E-state index in [-0.39, 0.29) is 11.4 Å². The summed E-state index contributed by atoms with van der Waals surface area (Å²) in [6.45, 7) is 6.61. The largest absolute Gasteiger partial charge is 0.267 e. The minimum atomic E-state index is -3.56. The number of aryl methyl sites for hydroxylation is 3. The second-order valence-electron chi connectivity index (χ2n) is 5.26. The van der Waals surface area contributed by atoms with Crippen LogP contribution in [0.15, 0.2) is 29.3 Å². The Morgan fingerprint density at radius 1 is 1.27 bits per heavy atom. The molecule has 0 fully saturated rings. The van der Waals surface area contributed by atoms with E-state index in [0.717, 1.165) is 11.1 Å². The molecule has 0 atom stereocenters. The minimum absolute atomic E-state index is 0.182. The van der Waals surface area contributed by atoms with Gasteiger partial charge in [-0.2, -0.15) is 9.40 Å². The smallest absolute Gasteiger partial charge is 0.243 e. The van der Waals surface area contributed by atoms with Crippen LogP contribution in [0.4, 0.5) is 0 Å². The van der Waals surface area contributed by atoms with Gasteiger partial charge >= 0.3 is 0 Å². The van der Waals surface area contributed by atoms with Crippen molar-refractivity contribution in [3.05, 3.63) is 46.2 Å². The number of benzene rings is 1. The van der Waals surface area contributed by atoms with Crippen LogP contribution in [-0.2, 0) is 23.1 Å². The van der Waals surface area contributed by atoms with Gasteiger partial charge in [-0.1, -0.05) is 17.7 Å². The van der Waals surface area contributed by atoms with E-state index in [4.69, 9.17) is 11.6 Å². The van der Waals surface area contributed by atoms with Gasteiger partial charge < -0.3 is 0 Å². The molecule has 0 aliphatic heterocycles. The van der Waals surface area contributed by atoms with Crippen LogP contribution in [0.1, 0.15) is 23.7 Å². The van der Waals surface area contributed by atoms with Gasteiger partial charge in [0.1, 0.15) is 0 Å². The maximum absolute atomic E-state index is 12.7. The Hall–Kier alpha value is -1.37. The third kappa shape index (κ3) is 3.19. The summed E-state index contributed by atoms with van der Waals surface area (Å²) in [4.78, 5) is 0.289. The number of hydrogen-bond donors (Lipinski definition) is 0. The summed E-state index contributed by atoms with van der Waals surface area (Å²) in [5.74, 6) is 0. The topological polar surface area (TPSA) is 55.2 Å². The molecular weight excluding hydrogens is 322 g/mol. The van der Waals surface area contributed by atoms with Crippen molar-refractivity contribution >= 4 is 21.6 Å². The molecule has 0 spiro atoms. The highest BCUT2D eigenvalue weighted by Gasteiger charge is 2.23. The lowest BCUT2D eigenvalue weighted by Gasteiger charge is -2.18. The van der Waals surface area contributed by atoms with Gasteiger partial charge in [0, 0.05) is 13.6 Å². The minimum Gasteiger partial charge on any atom is -0.267 e. The van der Waals surface area contributed by atoms with E-state index in [1.165, 1.54) is 10.5 Å². The van der Waals surface area contributed by atoms with E-state index >= 15 is 0 Å². The van der Waals surface area contributed by atoms with E-state index in [1.54, 1.807) is 23.9 Å². The first kappa shape index (κ1) is 17.0. The number of halogens is 1. The summed E-state index contributed by atoms with van der Waals surface area (Å²) in [7, 11) is -2.01. The Bertz CT molecular complexity index is 784.